The Morgan fingerprint density at radius 3 is 1.79 bits per heavy atom. The van der Waals surface area contributed by atoms with Gasteiger partial charge in [0.15, 0.2) is 0 Å². The van der Waals surface area contributed by atoms with E-state index in [0.29, 0.717) is 11.1 Å². The summed E-state index contributed by atoms with van der Waals surface area (Å²) in [5.41, 5.74) is -1.90. The molecular weight excluding hydrogens is 432 g/mol. The summed E-state index contributed by atoms with van der Waals surface area (Å²) in [6.45, 7) is 2.97. The van der Waals surface area contributed by atoms with Crippen molar-refractivity contribution in [2.24, 2.45) is 0 Å². The summed E-state index contributed by atoms with van der Waals surface area (Å²) >= 11 is 0. The Hall–Kier alpha value is -4.73. The van der Waals surface area contributed by atoms with Crippen LogP contribution in [0.15, 0.2) is 67.0 Å². The van der Waals surface area contributed by atoms with Crippen LogP contribution in [-0.2, 0) is 0 Å². The molecule has 0 fully saturated rings. The highest BCUT2D eigenvalue weighted by Gasteiger charge is 2.21. The molecule has 0 radical (unpaired) electrons. The number of benzene rings is 1. The van der Waals surface area contributed by atoms with Crippen molar-refractivity contribution in [2.45, 2.75) is 13.8 Å². The van der Waals surface area contributed by atoms with Crippen LogP contribution in [0.4, 0.5) is 5.69 Å². The number of aromatic nitrogens is 1. The van der Waals surface area contributed by atoms with Crippen LogP contribution in [0, 0.1) is 24.0 Å². The predicted octanol–water partition coefficient (Wildman–Crippen LogP) is 3.93. The van der Waals surface area contributed by atoms with Crippen LogP contribution in [0.1, 0.15) is 11.5 Å². The molecule has 10 heteroatoms. The largest absolute Gasteiger partial charge is 0.507 e. The molecule has 0 unspecified atom stereocenters. The molecule has 4 aromatic rings. The second kappa shape index (κ2) is 8.08. The quantitative estimate of drug-likeness (QED) is 0.349. The molecule has 0 saturated carbocycles. The molecule has 1 aromatic carbocycles. The molecule has 0 spiro atoms. The van der Waals surface area contributed by atoms with Gasteiger partial charge >= 0.3 is 11.3 Å². The molecule has 0 saturated heterocycles. The summed E-state index contributed by atoms with van der Waals surface area (Å²) in [6, 6.07) is 11.0. The molecule has 0 aliphatic heterocycles. The van der Waals surface area contributed by atoms with Crippen molar-refractivity contribution in [3.8, 4) is 45.1 Å². The van der Waals surface area contributed by atoms with Gasteiger partial charge in [0.2, 0.25) is 0 Å². The molecule has 33 heavy (non-hydrogen) atoms. The number of aromatic hydroxyl groups is 2. The lowest BCUT2D eigenvalue weighted by atomic mass is 10.00. The summed E-state index contributed by atoms with van der Waals surface area (Å²) in [5, 5.41) is 32.0. The van der Waals surface area contributed by atoms with Crippen molar-refractivity contribution in [3.05, 3.63) is 91.0 Å². The van der Waals surface area contributed by atoms with Crippen molar-refractivity contribution >= 4 is 5.69 Å². The summed E-state index contributed by atoms with van der Waals surface area (Å²) < 4.78 is 10.1. The lowest BCUT2D eigenvalue weighted by molar-refractivity contribution is -0.384. The van der Waals surface area contributed by atoms with E-state index in [1.807, 2.05) is 0 Å². The fourth-order valence-electron chi connectivity index (χ4n) is 3.42. The van der Waals surface area contributed by atoms with Gasteiger partial charge in [-0.2, -0.15) is 0 Å². The molecule has 0 bridgehead atoms. The first-order chi connectivity index (χ1) is 15.6. The molecule has 0 atom stereocenters. The fraction of sp³-hybridized carbons (Fsp3) is 0.0870. The monoisotopic (exact) mass is 448 g/mol. The molecule has 166 valence electrons. The van der Waals surface area contributed by atoms with Crippen molar-refractivity contribution < 1.29 is 24.0 Å². The van der Waals surface area contributed by atoms with E-state index in [9.17, 15) is 29.9 Å². The zero-order chi connectivity index (χ0) is 23.9. The van der Waals surface area contributed by atoms with Gasteiger partial charge < -0.3 is 19.0 Å². The maximum atomic E-state index is 12.5. The highest BCUT2D eigenvalue weighted by molar-refractivity contribution is 5.79. The van der Waals surface area contributed by atoms with E-state index in [0.717, 1.165) is 0 Å². The number of hydrogen-bond donors (Lipinski definition) is 2. The molecule has 0 amide bonds. The first kappa shape index (κ1) is 21.5. The Balaban J connectivity index is 2.06. The third-order valence-electron chi connectivity index (χ3n) is 4.84. The van der Waals surface area contributed by atoms with Crippen molar-refractivity contribution in [3.63, 3.8) is 0 Å². The third kappa shape index (κ3) is 4.09. The van der Waals surface area contributed by atoms with Gasteiger partial charge in [-0.3, -0.25) is 10.1 Å². The number of nitrogens with zero attached hydrogens (tertiary/aromatic N) is 2. The Kier molecular flexibility index (Phi) is 5.26. The van der Waals surface area contributed by atoms with Crippen LogP contribution in [0.25, 0.3) is 33.6 Å². The number of nitro groups is 1. The Labute approximate surface area is 185 Å². The van der Waals surface area contributed by atoms with E-state index < -0.39 is 27.7 Å². The van der Waals surface area contributed by atoms with Gasteiger partial charge in [0.25, 0.3) is 5.69 Å². The fourth-order valence-corrected chi connectivity index (χ4v) is 3.42. The molecule has 0 aliphatic rings. The summed E-state index contributed by atoms with van der Waals surface area (Å²) in [6.07, 6.45) is 0. The molecule has 0 aliphatic carbocycles. The smallest absolute Gasteiger partial charge is 0.349 e. The Bertz CT molecular complexity index is 1450. The summed E-state index contributed by atoms with van der Waals surface area (Å²) in [5.74, 6) is -0.460. The highest BCUT2D eigenvalue weighted by Crippen LogP contribution is 2.35. The molecule has 10 nitrogen and oxygen atoms in total. The average molecular weight is 448 g/mol. The number of nitro benzene ring substituents is 1. The van der Waals surface area contributed by atoms with E-state index in [1.54, 1.807) is 6.07 Å². The van der Waals surface area contributed by atoms with E-state index in [-0.39, 0.29) is 39.7 Å². The number of pyridine rings is 1. The predicted molar refractivity (Wildman–Crippen MR) is 117 cm³/mol. The van der Waals surface area contributed by atoms with Gasteiger partial charge in [-0.25, -0.2) is 14.6 Å². The second-order valence-corrected chi connectivity index (χ2v) is 7.24. The Morgan fingerprint density at radius 2 is 1.33 bits per heavy atom. The van der Waals surface area contributed by atoms with Crippen molar-refractivity contribution in [1.82, 2.24) is 4.98 Å². The van der Waals surface area contributed by atoms with Crippen molar-refractivity contribution in [1.29, 1.82) is 0 Å². The maximum Gasteiger partial charge on any atom is 0.349 e. The molecular formula is C23H16N2O8. The van der Waals surface area contributed by atoms with Crippen LogP contribution in [0.5, 0.6) is 11.5 Å². The number of rotatable bonds is 4. The topological polar surface area (TPSA) is 157 Å². The second-order valence-electron chi connectivity index (χ2n) is 7.24. The van der Waals surface area contributed by atoms with Gasteiger partial charge in [-0.05, 0) is 37.1 Å². The number of aryl methyl sites for hydroxylation is 2. The molecule has 3 aromatic heterocycles. The number of non-ortho nitro benzene ring substituents is 1. The maximum absolute atomic E-state index is 12.5. The first-order valence-electron chi connectivity index (χ1n) is 9.59. The van der Waals surface area contributed by atoms with Crippen LogP contribution in [-0.4, -0.2) is 20.1 Å². The minimum Gasteiger partial charge on any atom is -0.507 e. The Morgan fingerprint density at radius 1 is 0.818 bits per heavy atom. The normalized spacial score (nSPS) is 10.8. The lowest BCUT2D eigenvalue weighted by Crippen LogP contribution is -2.08. The van der Waals surface area contributed by atoms with Gasteiger partial charge in [-0.1, -0.05) is 12.1 Å². The molecule has 2 N–H and O–H groups in total. The van der Waals surface area contributed by atoms with Gasteiger partial charge in [0, 0.05) is 24.3 Å². The van der Waals surface area contributed by atoms with Gasteiger partial charge in [0.05, 0.1) is 16.3 Å². The molecule has 3 heterocycles. The van der Waals surface area contributed by atoms with E-state index in [2.05, 4.69) is 4.98 Å². The SMILES string of the molecule is Cc1cc(O)c(-c2cc(-c3cccc([N+](=O)[O-])c3)cc(-c3c(O)cc(C)oc3=O)n2)c(=O)o1. The van der Waals surface area contributed by atoms with E-state index >= 15 is 0 Å². The van der Waals surface area contributed by atoms with Crippen LogP contribution in [0.3, 0.4) is 0 Å². The zero-order valence-corrected chi connectivity index (χ0v) is 17.4. The van der Waals surface area contributed by atoms with Gasteiger partial charge in [-0.15, -0.1) is 0 Å². The lowest BCUT2D eigenvalue weighted by Gasteiger charge is -2.11. The van der Waals surface area contributed by atoms with Crippen LogP contribution < -0.4 is 11.3 Å². The summed E-state index contributed by atoms with van der Waals surface area (Å²) in [4.78, 5) is 39.9. The first-order valence-corrected chi connectivity index (χ1v) is 9.59. The van der Waals surface area contributed by atoms with Crippen LogP contribution in [0.2, 0.25) is 0 Å². The van der Waals surface area contributed by atoms with Crippen molar-refractivity contribution in [2.75, 3.05) is 0 Å². The minimum atomic E-state index is -0.873. The zero-order valence-electron chi connectivity index (χ0n) is 17.4. The van der Waals surface area contributed by atoms with Gasteiger partial charge in [0.1, 0.15) is 34.1 Å². The number of hydrogen-bond acceptors (Lipinski definition) is 9. The average Bonchev–Trinajstić information content (AvgIpc) is 2.72. The summed E-state index contributed by atoms with van der Waals surface area (Å²) in [7, 11) is 0. The standard InChI is InChI=1S/C23H16N2O8/c1-11-6-18(26)20(22(28)32-11)16-9-14(13-4-3-5-15(8-13)25(30)31)10-17(24-16)21-19(27)7-12(2)33-23(21)29/h3-10,26-27H,1-2H3. The highest BCUT2D eigenvalue weighted by atomic mass is 16.6. The molecule has 4 rings (SSSR count). The van der Waals surface area contributed by atoms with E-state index in [1.165, 1.54) is 56.3 Å². The third-order valence-corrected chi connectivity index (χ3v) is 4.84. The van der Waals surface area contributed by atoms with E-state index in [4.69, 9.17) is 8.83 Å². The van der Waals surface area contributed by atoms with Crippen LogP contribution >= 0.6 is 0 Å². The minimum absolute atomic E-state index is 0.0698.